The Morgan fingerprint density at radius 1 is 1.22 bits per heavy atom. The number of alkyl halides is 1. The van der Waals surface area contributed by atoms with Crippen molar-refractivity contribution in [3.63, 3.8) is 0 Å². The van der Waals surface area contributed by atoms with Crippen LogP contribution in [0.15, 0.2) is 12.2 Å². The summed E-state index contributed by atoms with van der Waals surface area (Å²) in [5, 5.41) is 0.784. The van der Waals surface area contributed by atoms with Crippen molar-refractivity contribution < 1.29 is 19.1 Å². The van der Waals surface area contributed by atoms with Crippen molar-refractivity contribution >= 4 is 27.9 Å². The van der Waals surface area contributed by atoms with Crippen molar-refractivity contribution in [3.05, 3.63) is 12.2 Å². The van der Waals surface area contributed by atoms with E-state index in [2.05, 4.69) is 15.9 Å². The van der Waals surface area contributed by atoms with Crippen molar-refractivity contribution in [3.8, 4) is 0 Å². The van der Waals surface area contributed by atoms with Gasteiger partial charge in [0.1, 0.15) is 5.60 Å². The van der Waals surface area contributed by atoms with Crippen LogP contribution in [0, 0.1) is 5.92 Å². The van der Waals surface area contributed by atoms with Crippen molar-refractivity contribution in [2.45, 2.75) is 39.7 Å². The zero-order chi connectivity index (χ0) is 14.2. The minimum Gasteiger partial charge on any atom is -0.462 e. The lowest BCUT2D eigenvalue weighted by Gasteiger charge is -2.17. The zero-order valence-corrected chi connectivity index (χ0v) is 13.0. The third-order valence-corrected chi connectivity index (χ3v) is 2.93. The first-order chi connectivity index (χ1) is 8.28. The minimum atomic E-state index is -0.561. The molecular formula is C13H21BrO4. The summed E-state index contributed by atoms with van der Waals surface area (Å²) in [5.41, 5.74) is -0.561. The first kappa shape index (κ1) is 17.2. The molecular weight excluding hydrogens is 300 g/mol. The SMILES string of the molecule is CCC(CBr)COC(=O)/C=C/C(=O)OC(C)(C)C. The molecule has 0 N–H and O–H groups in total. The van der Waals surface area contributed by atoms with Crippen LogP contribution in [-0.4, -0.2) is 29.5 Å². The molecule has 0 spiro atoms. The average molecular weight is 321 g/mol. The van der Waals surface area contributed by atoms with E-state index in [0.29, 0.717) is 12.5 Å². The highest BCUT2D eigenvalue weighted by atomic mass is 79.9. The quantitative estimate of drug-likeness (QED) is 0.429. The molecule has 104 valence electrons. The van der Waals surface area contributed by atoms with Gasteiger partial charge in [0.25, 0.3) is 0 Å². The number of ether oxygens (including phenoxy) is 2. The van der Waals surface area contributed by atoms with Gasteiger partial charge >= 0.3 is 11.9 Å². The van der Waals surface area contributed by atoms with Crippen LogP contribution < -0.4 is 0 Å². The van der Waals surface area contributed by atoms with Crippen molar-refractivity contribution in [2.75, 3.05) is 11.9 Å². The molecule has 0 heterocycles. The molecule has 5 heteroatoms. The highest BCUT2D eigenvalue weighted by Gasteiger charge is 2.14. The first-order valence-corrected chi connectivity index (χ1v) is 7.04. The van der Waals surface area contributed by atoms with Gasteiger partial charge in [-0.25, -0.2) is 9.59 Å². The summed E-state index contributed by atoms with van der Waals surface area (Å²) < 4.78 is 10.0. The van der Waals surface area contributed by atoms with Crippen LogP contribution in [0.5, 0.6) is 0 Å². The number of halogens is 1. The van der Waals surface area contributed by atoms with Gasteiger partial charge in [0.15, 0.2) is 0 Å². The van der Waals surface area contributed by atoms with E-state index in [1.54, 1.807) is 20.8 Å². The third-order valence-electron chi connectivity index (χ3n) is 2.02. The molecule has 0 saturated carbocycles. The molecule has 4 nitrogen and oxygen atoms in total. The molecule has 0 aliphatic heterocycles. The third kappa shape index (κ3) is 9.22. The smallest absolute Gasteiger partial charge is 0.331 e. The number of rotatable bonds is 6. The van der Waals surface area contributed by atoms with E-state index in [0.717, 1.165) is 23.9 Å². The first-order valence-electron chi connectivity index (χ1n) is 5.92. The Bertz CT molecular complexity index is 301. The van der Waals surface area contributed by atoms with Crippen molar-refractivity contribution in [1.82, 2.24) is 0 Å². The topological polar surface area (TPSA) is 52.6 Å². The number of hydrogen-bond acceptors (Lipinski definition) is 4. The van der Waals surface area contributed by atoms with E-state index in [1.807, 2.05) is 6.92 Å². The maximum atomic E-state index is 11.3. The minimum absolute atomic E-state index is 0.295. The summed E-state index contributed by atoms with van der Waals surface area (Å²) in [4.78, 5) is 22.6. The van der Waals surface area contributed by atoms with Crippen molar-refractivity contribution in [2.24, 2.45) is 5.92 Å². The van der Waals surface area contributed by atoms with Crippen LogP contribution in [0.1, 0.15) is 34.1 Å². The monoisotopic (exact) mass is 320 g/mol. The molecule has 0 aromatic rings. The molecule has 0 radical (unpaired) electrons. The average Bonchev–Trinajstić information content (AvgIpc) is 2.25. The van der Waals surface area contributed by atoms with Crippen LogP contribution in [0.3, 0.4) is 0 Å². The molecule has 1 atom stereocenters. The lowest BCUT2D eigenvalue weighted by molar-refractivity contribution is -0.149. The molecule has 0 aliphatic carbocycles. The van der Waals surface area contributed by atoms with Gasteiger partial charge in [-0.05, 0) is 27.2 Å². The molecule has 0 saturated heterocycles. The van der Waals surface area contributed by atoms with Gasteiger partial charge in [-0.3, -0.25) is 0 Å². The van der Waals surface area contributed by atoms with Crippen LogP contribution in [0.4, 0.5) is 0 Å². The fourth-order valence-electron chi connectivity index (χ4n) is 0.991. The standard InChI is InChI=1S/C13H21BrO4/c1-5-10(8-14)9-17-11(15)6-7-12(16)18-13(2,3)4/h6-7,10H,5,8-9H2,1-4H3/b7-6+. The van der Waals surface area contributed by atoms with E-state index in [-0.39, 0.29) is 0 Å². The Morgan fingerprint density at radius 2 is 1.78 bits per heavy atom. The highest BCUT2D eigenvalue weighted by Crippen LogP contribution is 2.08. The van der Waals surface area contributed by atoms with E-state index in [4.69, 9.17) is 9.47 Å². The van der Waals surface area contributed by atoms with Gasteiger partial charge in [-0.1, -0.05) is 22.9 Å². The number of carbonyl (C=O) groups excluding carboxylic acids is 2. The van der Waals surface area contributed by atoms with E-state index in [1.165, 1.54) is 0 Å². The summed E-state index contributed by atoms with van der Waals surface area (Å²) in [6.45, 7) is 7.66. The number of esters is 2. The fourth-order valence-corrected chi connectivity index (χ4v) is 1.64. The summed E-state index contributed by atoms with van der Waals surface area (Å²) in [7, 11) is 0. The number of carbonyl (C=O) groups is 2. The second kappa shape index (κ2) is 8.29. The van der Waals surface area contributed by atoms with Gasteiger partial charge in [0, 0.05) is 23.4 Å². The van der Waals surface area contributed by atoms with Crippen molar-refractivity contribution in [1.29, 1.82) is 0 Å². The second-order valence-corrected chi connectivity index (χ2v) is 5.57. The lowest BCUT2D eigenvalue weighted by Crippen LogP contribution is -2.22. The Kier molecular flexibility index (Phi) is 7.91. The molecule has 0 aliphatic rings. The fraction of sp³-hybridized carbons (Fsp3) is 0.692. The molecule has 18 heavy (non-hydrogen) atoms. The molecule has 0 aromatic heterocycles. The summed E-state index contributed by atoms with van der Waals surface area (Å²) in [6, 6.07) is 0. The van der Waals surface area contributed by atoms with Crippen LogP contribution in [0.25, 0.3) is 0 Å². The predicted molar refractivity (Wildman–Crippen MR) is 73.5 cm³/mol. The predicted octanol–water partition coefficient (Wildman–Crippen LogP) is 2.85. The highest BCUT2D eigenvalue weighted by molar-refractivity contribution is 9.09. The van der Waals surface area contributed by atoms with Crippen LogP contribution >= 0.6 is 15.9 Å². The van der Waals surface area contributed by atoms with Gasteiger partial charge < -0.3 is 9.47 Å². The lowest BCUT2D eigenvalue weighted by atomic mass is 10.1. The summed E-state index contributed by atoms with van der Waals surface area (Å²) >= 11 is 3.34. The Hall–Kier alpha value is -0.840. The van der Waals surface area contributed by atoms with Gasteiger partial charge in [0.2, 0.25) is 0 Å². The number of hydrogen-bond donors (Lipinski definition) is 0. The van der Waals surface area contributed by atoms with E-state index < -0.39 is 17.5 Å². The van der Waals surface area contributed by atoms with Gasteiger partial charge in [-0.15, -0.1) is 0 Å². The normalized spacial score (nSPS) is 13.4. The summed E-state index contributed by atoms with van der Waals surface area (Å²) in [6.07, 6.45) is 3.10. The molecule has 0 rings (SSSR count). The van der Waals surface area contributed by atoms with E-state index in [9.17, 15) is 9.59 Å². The van der Waals surface area contributed by atoms with Gasteiger partial charge in [-0.2, -0.15) is 0 Å². The second-order valence-electron chi connectivity index (χ2n) is 4.93. The maximum absolute atomic E-state index is 11.3. The molecule has 0 amide bonds. The Balaban J connectivity index is 4.04. The largest absolute Gasteiger partial charge is 0.462 e. The molecule has 0 aromatic carbocycles. The maximum Gasteiger partial charge on any atom is 0.331 e. The molecule has 1 unspecified atom stereocenters. The van der Waals surface area contributed by atoms with Gasteiger partial charge in [0.05, 0.1) is 6.61 Å². The zero-order valence-electron chi connectivity index (χ0n) is 11.4. The van der Waals surface area contributed by atoms with E-state index >= 15 is 0 Å². The molecule has 0 fully saturated rings. The van der Waals surface area contributed by atoms with Crippen LogP contribution in [-0.2, 0) is 19.1 Å². The Labute approximate surface area is 117 Å². The van der Waals surface area contributed by atoms with Crippen LogP contribution in [0.2, 0.25) is 0 Å². The molecule has 0 bridgehead atoms. The summed E-state index contributed by atoms with van der Waals surface area (Å²) in [5.74, 6) is -0.781. The Morgan fingerprint density at radius 3 is 2.22 bits per heavy atom.